The fraction of sp³-hybridized carbons (Fsp3) is 0.441. The molecular formula is C34H40N2O6. The van der Waals surface area contributed by atoms with Gasteiger partial charge in [0.1, 0.15) is 18.1 Å². The zero-order valence-electron chi connectivity index (χ0n) is 24.5. The van der Waals surface area contributed by atoms with Gasteiger partial charge in [-0.1, -0.05) is 46.6 Å². The lowest BCUT2D eigenvalue weighted by Crippen LogP contribution is -2.54. The van der Waals surface area contributed by atoms with Crippen LogP contribution in [0, 0.1) is 23.7 Å². The molecule has 2 aromatic rings. The van der Waals surface area contributed by atoms with Gasteiger partial charge in [-0.25, -0.2) is 4.90 Å². The van der Waals surface area contributed by atoms with Crippen molar-refractivity contribution in [1.29, 1.82) is 0 Å². The number of anilines is 1. The maximum absolute atomic E-state index is 13.9. The molecule has 0 unspecified atom stereocenters. The molecule has 2 aliphatic carbocycles. The van der Waals surface area contributed by atoms with E-state index >= 15 is 0 Å². The van der Waals surface area contributed by atoms with Crippen molar-refractivity contribution in [1.82, 2.24) is 0 Å². The lowest BCUT2D eigenvalue weighted by molar-refractivity contribution is -0.132. The van der Waals surface area contributed by atoms with Gasteiger partial charge in [0.25, 0.3) is 0 Å². The van der Waals surface area contributed by atoms with Gasteiger partial charge < -0.3 is 19.8 Å². The van der Waals surface area contributed by atoms with E-state index in [0.717, 1.165) is 12.8 Å². The van der Waals surface area contributed by atoms with Crippen molar-refractivity contribution in [2.24, 2.45) is 28.8 Å². The van der Waals surface area contributed by atoms with Crippen LogP contribution in [0.5, 0.6) is 11.5 Å². The van der Waals surface area contributed by atoms with Crippen molar-refractivity contribution >= 4 is 23.2 Å². The normalized spacial score (nSPS) is 28.4. The number of allylic oxidation sites excluding steroid dienone is 3. The molecule has 0 bridgehead atoms. The Labute approximate surface area is 247 Å². The zero-order chi connectivity index (χ0) is 29.8. The highest BCUT2D eigenvalue weighted by Crippen LogP contribution is 2.50. The van der Waals surface area contributed by atoms with Crippen LogP contribution in [0.2, 0.25) is 0 Å². The molecule has 1 heterocycles. The molecule has 8 nitrogen and oxygen atoms in total. The van der Waals surface area contributed by atoms with Crippen LogP contribution in [0.1, 0.15) is 52.9 Å². The molecule has 8 heteroatoms. The number of amides is 2. The first-order valence-electron chi connectivity index (χ1n) is 14.8. The summed E-state index contributed by atoms with van der Waals surface area (Å²) in [5.74, 6) is -1.68. The van der Waals surface area contributed by atoms with Gasteiger partial charge in [-0.05, 0) is 76.8 Å². The summed E-state index contributed by atoms with van der Waals surface area (Å²) in [4.78, 5) is 34.4. The van der Waals surface area contributed by atoms with Crippen molar-refractivity contribution in [3.8, 4) is 11.5 Å². The third-order valence-electron chi connectivity index (χ3n) is 8.61. The molecule has 3 fully saturated rings. The average Bonchev–Trinajstić information content (AvgIpc) is 3.23. The third kappa shape index (κ3) is 6.35. The summed E-state index contributed by atoms with van der Waals surface area (Å²) >= 11 is 0. The van der Waals surface area contributed by atoms with Gasteiger partial charge in [-0.2, -0.15) is 0 Å². The summed E-state index contributed by atoms with van der Waals surface area (Å²) in [5, 5.41) is 26.3. The molecule has 2 saturated carbocycles. The molecule has 0 radical (unpaired) electrons. The van der Waals surface area contributed by atoms with E-state index in [1.807, 2.05) is 36.4 Å². The highest BCUT2D eigenvalue weighted by Gasteiger charge is 2.60. The minimum Gasteiger partial charge on any atom is -0.457 e. The second-order valence-corrected chi connectivity index (χ2v) is 11.8. The first-order valence-corrected chi connectivity index (χ1v) is 14.8. The topological polar surface area (TPSA) is 109 Å². The highest BCUT2D eigenvalue weighted by atomic mass is 16.6. The fourth-order valence-electron chi connectivity index (χ4n) is 6.53. The Kier molecular flexibility index (Phi) is 9.24. The van der Waals surface area contributed by atoms with Crippen molar-refractivity contribution in [3.05, 3.63) is 77.9 Å². The maximum atomic E-state index is 13.9. The molecule has 2 amide bonds. The molecule has 0 aromatic heterocycles. The van der Waals surface area contributed by atoms with Crippen molar-refractivity contribution in [2.75, 3.05) is 11.5 Å². The fourth-order valence-corrected chi connectivity index (χ4v) is 6.53. The molecule has 222 valence electrons. The second-order valence-electron chi connectivity index (χ2n) is 11.8. The minimum absolute atomic E-state index is 0.174. The Hall–Kier alpha value is -3.75. The molecule has 3 aliphatic rings. The summed E-state index contributed by atoms with van der Waals surface area (Å²) in [6.07, 6.45) is 5.15. The number of imide groups is 1. The Morgan fingerprint density at radius 3 is 2.45 bits per heavy atom. The van der Waals surface area contributed by atoms with Crippen LogP contribution in [-0.2, 0) is 14.4 Å². The lowest BCUT2D eigenvalue weighted by Gasteiger charge is -2.45. The standard InChI is InChI=1S/C34H40N2O6/c1-21(2)9-7-10-22(3)17-18-41-35-28-20-29(37)32(38)30-26(28)15-16-27-31(30)34(40)36(33(27)39)23-11-8-14-25(19-23)42-24-12-5-4-6-13-24/h4-6,8-9,11-14,17,19,26-27,29-32,37-38H,7,10,15-16,18,20H2,1-3H3/b22-17+,35-28+/t26-,27-,29-,30+,31-,32-/m1/s1. The molecule has 0 spiro atoms. The van der Waals surface area contributed by atoms with Gasteiger partial charge in [-0.15, -0.1) is 0 Å². The number of ether oxygens (including phenoxy) is 1. The van der Waals surface area contributed by atoms with E-state index in [-0.39, 0.29) is 24.2 Å². The van der Waals surface area contributed by atoms with Gasteiger partial charge in [0.2, 0.25) is 11.8 Å². The molecule has 5 rings (SSSR count). The SMILES string of the molecule is CC(C)=CCC/C(C)=C/CO/N=C1\C[C@@H](O)[C@@H](O)[C@@H]2[C@@H]3C(=O)N(c4cccc(Oc5ccccc5)c4)C(=O)[C@@H]3CC[C@H]12. The van der Waals surface area contributed by atoms with Crippen LogP contribution in [0.4, 0.5) is 5.69 Å². The summed E-state index contributed by atoms with van der Waals surface area (Å²) < 4.78 is 5.93. The molecule has 42 heavy (non-hydrogen) atoms. The first-order chi connectivity index (χ1) is 20.2. The van der Waals surface area contributed by atoms with E-state index in [2.05, 4.69) is 32.0 Å². The van der Waals surface area contributed by atoms with Crippen LogP contribution >= 0.6 is 0 Å². The summed E-state index contributed by atoms with van der Waals surface area (Å²) in [6.45, 7) is 6.53. The highest BCUT2D eigenvalue weighted by molar-refractivity contribution is 6.22. The van der Waals surface area contributed by atoms with Crippen LogP contribution in [0.15, 0.2) is 83.1 Å². The van der Waals surface area contributed by atoms with E-state index in [1.165, 1.54) is 16.0 Å². The number of oxime groups is 1. The monoisotopic (exact) mass is 572 g/mol. The summed E-state index contributed by atoms with van der Waals surface area (Å²) in [7, 11) is 0. The Bertz CT molecular complexity index is 1380. The van der Waals surface area contributed by atoms with Crippen molar-refractivity contribution in [2.45, 2.75) is 65.1 Å². The number of hydrogen-bond donors (Lipinski definition) is 2. The number of aliphatic hydroxyl groups is 2. The van der Waals surface area contributed by atoms with Crippen LogP contribution < -0.4 is 9.64 Å². The number of rotatable bonds is 9. The predicted octanol–water partition coefficient (Wildman–Crippen LogP) is 5.80. The van der Waals surface area contributed by atoms with Gasteiger partial charge in [-0.3, -0.25) is 9.59 Å². The first kappa shape index (κ1) is 29.7. The quantitative estimate of drug-likeness (QED) is 0.170. The molecular weight excluding hydrogens is 532 g/mol. The molecule has 2 aromatic carbocycles. The number of nitrogens with zero attached hydrogens (tertiary/aromatic N) is 2. The number of aliphatic hydroxyl groups excluding tert-OH is 2. The number of fused-ring (bicyclic) bond motifs is 3. The average molecular weight is 573 g/mol. The van der Waals surface area contributed by atoms with E-state index in [9.17, 15) is 19.8 Å². The van der Waals surface area contributed by atoms with Gasteiger partial charge in [0.05, 0.1) is 35.4 Å². The third-order valence-corrected chi connectivity index (χ3v) is 8.61. The van der Waals surface area contributed by atoms with Gasteiger partial charge >= 0.3 is 0 Å². The smallest absolute Gasteiger partial charge is 0.238 e. The Morgan fingerprint density at radius 1 is 0.952 bits per heavy atom. The van der Waals surface area contributed by atoms with E-state index in [1.54, 1.807) is 24.3 Å². The van der Waals surface area contributed by atoms with Crippen molar-refractivity contribution < 1.29 is 29.4 Å². The molecule has 2 N–H and O–H groups in total. The van der Waals surface area contributed by atoms with E-state index < -0.39 is 30.0 Å². The maximum Gasteiger partial charge on any atom is 0.238 e. The number of hydrogen-bond acceptors (Lipinski definition) is 7. The van der Waals surface area contributed by atoms with Gasteiger partial charge in [0, 0.05) is 24.3 Å². The van der Waals surface area contributed by atoms with Crippen LogP contribution in [0.25, 0.3) is 0 Å². The minimum atomic E-state index is -1.14. The van der Waals surface area contributed by atoms with E-state index in [4.69, 9.17) is 9.57 Å². The molecule has 6 atom stereocenters. The number of carbonyl (C=O) groups excluding carboxylic acids is 2. The van der Waals surface area contributed by atoms with Crippen molar-refractivity contribution in [3.63, 3.8) is 0 Å². The number of carbonyl (C=O) groups is 2. The summed E-state index contributed by atoms with van der Waals surface area (Å²) in [5.41, 5.74) is 3.57. The van der Waals surface area contributed by atoms with Gasteiger partial charge in [0.15, 0.2) is 0 Å². The predicted molar refractivity (Wildman–Crippen MR) is 161 cm³/mol. The summed E-state index contributed by atoms with van der Waals surface area (Å²) in [6, 6.07) is 16.2. The number of benzene rings is 2. The van der Waals surface area contributed by atoms with Crippen LogP contribution in [0.3, 0.4) is 0 Å². The lowest BCUT2D eigenvalue weighted by atomic mass is 9.60. The molecule has 1 saturated heterocycles. The zero-order valence-corrected chi connectivity index (χ0v) is 24.5. The van der Waals surface area contributed by atoms with Crippen LogP contribution in [-0.4, -0.2) is 46.6 Å². The molecule has 1 aliphatic heterocycles. The Morgan fingerprint density at radius 2 is 1.69 bits per heavy atom. The largest absolute Gasteiger partial charge is 0.457 e. The Balaban J connectivity index is 1.31. The van der Waals surface area contributed by atoms with E-state index in [0.29, 0.717) is 42.3 Å². The second kappa shape index (κ2) is 13.0. The number of para-hydroxylation sites is 1.